The molecule has 2 aromatic rings. The van der Waals surface area contributed by atoms with Gasteiger partial charge in [0.25, 0.3) is 0 Å². The number of nitrogens with zero attached hydrogens (tertiary/aromatic N) is 5. The highest BCUT2D eigenvalue weighted by molar-refractivity contribution is 7.15. The highest BCUT2D eigenvalue weighted by Crippen LogP contribution is 2.38. The Morgan fingerprint density at radius 1 is 1.08 bits per heavy atom. The van der Waals surface area contributed by atoms with Gasteiger partial charge in [-0.2, -0.15) is 13.2 Å². The van der Waals surface area contributed by atoms with E-state index in [2.05, 4.69) is 19.7 Å². The molecule has 0 amide bonds. The second-order valence-electron chi connectivity index (χ2n) is 6.73. The minimum absolute atomic E-state index is 0.200. The van der Waals surface area contributed by atoms with E-state index in [1.807, 2.05) is 4.90 Å². The first-order chi connectivity index (χ1) is 12.0. The summed E-state index contributed by atoms with van der Waals surface area (Å²) in [5.74, 6) is 2.25. The van der Waals surface area contributed by atoms with E-state index in [0.717, 1.165) is 74.4 Å². The summed E-state index contributed by atoms with van der Waals surface area (Å²) in [4.78, 5) is 5.33. The van der Waals surface area contributed by atoms with Gasteiger partial charge in [-0.05, 0) is 25.7 Å². The quantitative estimate of drug-likeness (QED) is 0.804. The Balaban J connectivity index is 1.54. The summed E-state index contributed by atoms with van der Waals surface area (Å²) >= 11 is 0.725. The molecule has 2 aliphatic heterocycles. The SMILES string of the molecule is FC(F)(F)c1cnc(N2CCCC(c3nnc4n3CCCCC4)C2)s1. The van der Waals surface area contributed by atoms with Crippen molar-refractivity contribution in [2.24, 2.45) is 0 Å². The molecule has 5 nitrogen and oxygen atoms in total. The molecule has 136 valence electrons. The maximum Gasteiger partial charge on any atom is 0.427 e. The van der Waals surface area contributed by atoms with E-state index in [1.54, 1.807) is 0 Å². The molecule has 9 heteroatoms. The van der Waals surface area contributed by atoms with Gasteiger partial charge in [-0.1, -0.05) is 17.8 Å². The molecule has 0 saturated carbocycles. The molecule has 1 unspecified atom stereocenters. The van der Waals surface area contributed by atoms with Crippen molar-refractivity contribution in [3.05, 3.63) is 22.7 Å². The van der Waals surface area contributed by atoms with Gasteiger partial charge in [0.15, 0.2) is 5.13 Å². The van der Waals surface area contributed by atoms with Crippen LogP contribution in [0.5, 0.6) is 0 Å². The van der Waals surface area contributed by atoms with Crippen LogP contribution in [-0.4, -0.2) is 32.8 Å². The van der Waals surface area contributed by atoms with E-state index in [0.29, 0.717) is 11.7 Å². The summed E-state index contributed by atoms with van der Waals surface area (Å²) in [6, 6.07) is 0. The van der Waals surface area contributed by atoms with Gasteiger partial charge in [0.1, 0.15) is 16.5 Å². The maximum absolute atomic E-state index is 12.8. The van der Waals surface area contributed by atoms with Crippen LogP contribution >= 0.6 is 11.3 Å². The van der Waals surface area contributed by atoms with Gasteiger partial charge in [-0.3, -0.25) is 0 Å². The fourth-order valence-corrected chi connectivity index (χ4v) is 4.53. The number of thiazole rings is 1. The van der Waals surface area contributed by atoms with Gasteiger partial charge < -0.3 is 9.47 Å². The number of piperidine rings is 1. The molecule has 1 saturated heterocycles. The second kappa shape index (κ2) is 6.59. The highest BCUT2D eigenvalue weighted by atomic mass is 32.1. The van der Waals surface area contributed by atoms with Crippen LogP contribution in [0.15, 0.2) is 6.20 Å². The van der Waals surface area contributed by atoms with Crippen molar-refractivity contribution in [2.75, 3.05) is 18.0 Å². The van der Waals surface area contributed by atoms with E-state index in [4.69, 9.17) is 0 Å². The number of hydrogen-bond acceptors (Lipinski definition) is 5. The Morgan fingerprint density at radius 3 is 2.76 bits per heavy atom. The van der Waals surface area contributed by atoms with E-state index in [1.165, 1.54) is 6.42 Å². The average Bonchev–Trinajstić information content (AvgIpc) is 3.17. The van der Waals surface area contributed by atoms with Crippen LogP contribution in [0.4, 0.5) is 18.3 Å². The number of hydrogen-bond donors (Lipinski definition) is 0. The standard InChI is InChI=1S/C16H20F3N5S/c17-16(18,19)12-9-20-15(25-12)23-7-4-5-11(10-23)14-22-21-13-6-2-1-3-8-24(13)14/h9,11H,1-8,10H2. The lowest BCUT2D eigenvalue weighted by Gasteiger charge is -2.32. The Labute approximate surface area is 147 Å². The topological polar surface area (TPSA) is 46.8 Å². The second-order valence-corrected chi connectivity index (χ2v) is 7.74. The van der Waals surface area contributed by atoms with Crippen molar-refractivity contribution in [1.29, 1.82) is 0 Å². The summed E-state index contributed by atoms with van der Waals surface area (Å²) < 4.78 is 40.7. The predicted molar refractivity (Wildman–Crippen MR) is 88.9 cm³/mol. The van der Waals surface area contributed by atoms with Crippen molar-refractivity contribution < 1.29 is 13.2 Å². The molecule has 0 bridgehead atoms. The highest BCUT2D eigenvalue weighted by Gasteiger charge is 2.35. The molecule has 1 atom stereocenters. The third-order valence-corrected chi connectivity index (χ3v) is 6.07. The predicted octanol–water partition coefficient (Wildman–Crippen LogP) is 3.86. The molecular formula is C16H20F3N5S. The van der Waals surface area contributed by atoms with Crippen LogP contribution in [0.3, 0.4) is 0 Å². The molecule has 2 aromatic heterocycles. The third-order valence-electron chi connectivity index (χ3n) is 4.97. The zero-order valence-electron chi connectivity index (χ0n) is 13.8. The summed E-state index contributed by atoms with van der Waals surface area (Å²) in [7, 11) is 0. The Hall–Kier alpha value is -1.64. The number of anilines is 1. The van der Waals surface area contributed by atoms with Crippen LogP contribution in [0, 0.1) is 0 Å². The minimum atomic E-state index is -4.32. The monoisotopic (exact) mass is 371 g/mol. The maximum atomic E-state index is 12.8. The van der Waals surface area contributed by atoms with Gasteiger partial charge in [-0.15, -0.1) is 10.2 Å². The normalized spacial score (nSPS) is 21.9. The Bertz CT molecular complexity index is 738. The average molecular weight is 371 g/mol. The van der Waals surface area contributed by atoms with E-state index in [-0.39, 0.29) is 5.92 Å². The van der Waals surface area contributed by atoms with E-state index in [9.17, 15) is 13.2 Å². The molecule has 0 aliphatic carbocycles. The lowest BCUT2D eigenvalue weighted by atomic mass is 9.97. The van der Waals surface area contributed by atoms with E-state index < -0.39 is 11.1 Å². The summed E-state index contributed by atoms with van der Waals surface area (Å²) in [5, 5.41) is 9.24. The van der Waals surface area contributed by atoms with Gasteiger partial charge in [0, 0.05) is 32.0 Å². The molecule has 0 aromatic carbocycles. The van der Waals surface area contributed by atoms with Gasteiger partial charge in [0.2, 0.25) is 0 Å². The molecule has 4 heterocycles. The number of rotatable bonds is 2. The number of aryl methyl sites for hydroxylation is 1. The lowest BCUT2D eigenvalue weighted by molar-refractivity contribution is -0.134. The molecule has 0 N–H and O–H groups in total. The van der Waals surface area contributed by atoms with Crippen molar-refractivity contribution in [3.8, 4) is 0 Å². The number of halogens is 3. The number of fused-ring (bicyclic) bond motifs is 1. The first-order valence-corrected chi connectivity index (χ1v) is 9.54. The fraction of sp³-hybridized carbons (Fsp3) is 0.688. The molecule has 0 radical (unpaired) electrons. The zero-order chi connectivity index (χ0) is 17.4. The molecular weight excluding hydrogens is 351 g/mol. The van der Waals surface area contributed by atoms with Crippen LogP contribution in [0.2, 0.25) is 0 Å². The molecule has 1 fully saturated rings. The van der Waals surface area contributed by atoms with Crippen molar-refractivity contribution >= 4 is 16.5 Å². The van der Waals surface area contributed by atoms with Crippen LogP contribution in [-0.2, 0) is 19.1 Å². The van der Waals surface area contributed by atoms with Gasteiger partial charge in [0.05, 0.1) is 6.20 Å². The largest absolute Gasteiger partial charge is 0.427 e. The van der Waals surface area contributed by atoms with Crippen LogP contribution < -0.4 is 4.90 Å². The zero-order valence-corrected chi connectivity index (χ0v) is 14.6. The minimum Gasteiger partial charge on any atom is -0.347 e. The molecule has 4 rings (SSSR count). The summed E-state index contributed by atoms with van der Waals surface area (Å²) in [6.07, 6.45) is 2.98. The Kier molecular flexibility index (Phi) is 4.43. The fourth-order valence-electron chi connectivity index (χ4n) is 3.71. The van der Waals surface area contributed by atoms with Crippen LogP contribution in [0.25, 0.3) is 0 Å². The smallest absolute Gasteiger partial charge is 0.347 e. The van der Waals surface area contributed by atoms with Crippen molar-refractivity contribution in [3.63, 3.8) is 0 Å². The van der Waals surface area contributed by atoms with Crippen molar-refractivity contribution in [2.45, 2.75) is 57.2 Å². The molecule has 0 spiro atoms. The Morgan fingerprint density at radius 2 is 1.96 bits per heavy atom. The molecule has 2 aliphatic rings. The number of alkyl halides is 3. The van der Waals surface area contributed by atoms with Gasteiger partial charge in [-0.25, -0.2) is 4.98 Å². The number of aromatic nitrogens is 4. The first kappa shape index (κ1) is 16.8. The van der Waals surface area contributed by atoms with E-state index >= 15 is 0 Å². The first-order valence-electron chi connectivity index (χ1n) is 8.72. The lowest BCUT2D eigenvalue weighted by Crippen LogP contribution is -2.35. The van der Waals surface area contributed by atoms with Crippen molar-refractivity contribution in [1.82, 2.24) is 19.7 Å². The van der Waals surface area contributed by atoms with Crippen LogP contribution in [0.1, 0.15) is 54.5 Å². The molecule has 25 heavy (non-hydrogen) atoms. The third kappa shape index (κ3) is 3.38. The summed E-state index contributed by atoms with van der Waals surface area (Å²) in [5.41, 5.74) is 0. The summed E-state index contributed by atoms with van der Waals surface area (Å²) in [6.45, 7) is 2.34. The van der Waals surface area contributed by atoms with Gasteiger partial charge >= 0.3 is 6.18 Å².